The summed E-state index contributed by atoms with van der Waals surface area (Å²) in [6.07, 6.45) is 5.02. The Balaban J connectivity index is 2.00. The van der Waals surface area contributed by atoms with E-state index in [0.717, 1.165) is 25.5 Å². The lowest BCUT2D eigenvalue weighted by atomic mass is 9.99. The monoisotopic (exact) mass is 367 g/mol. The molecule has 2 atom stereocenters. The molecule has 0 aromatic carbocycles. The Morgan fingerprint density at radius 2 is 2.27 bits per heavy atom. The maximum atomic E-state index is 12.9. The summed E-state index contributed by atoms with van der Waals surface area (Å²) in [7, 11) is 0. The maximum absolute atomic E-state index is 12.9. The first-order valence-corrected chi connectivity index (χ1v) is 8.92. The second kappa shape index (κ2) is 10.1. The second-order valence-electron chi connectivity index (χ2n) is 6.33. The smallest absolute Gasteiger partial charge is 0.250 e. The summed E-state index contributed by atoms with van der Waals surface area (Å²) in [5.41, 5.74) is 5.01. The van der Waals surface area contributed by atoms with Crippen LogP contribution in [0.25, 0.3) is 0 Å². The molecule has 26 heavy (non-hydrogen) atoms. The topological polar surface area (TPSA) is 107 Å². The molecule has 4 N–H and O–H groups in total. The van der Waals surface area contributed by atoms with E-state index in [2.05, 4.69) is 28.1 Å². The van der Waals surface area contributed by atoms with Crippen molar-refractivity contribution in [1.29, 1.82) is 0 Å². The molecule has 2 amide bonds. The molecule has 0 aliphatic carbocycles. The number of hydrogen-bond acceptors (Lipinski definition) is 6. The van der Waals surface area contributed by atoms with Gasteiger partial charge in [0.15, 0.2) is 0 Å². The van der Waals surface area contributed by atoms with Gasteiger partial charge in [-0.15, -0.1) is 0 Å². The van der Waals surface area contributed by atoms with Gasteiger partial charge in [-0.1, -0.05) is 26.2 Å². The summed E-state index contributed by atoms with van der Waals surface area (Å²) < 4.78 is 12.9. The first kappa shape index (κ1) is 20.2. The van der Waals surface area contributed by atoms with Gasteiger partial charge in [0.05, 0.1) is 12.1 Å². The molecule has 1 fully saturated rings. The van der Waals surface area contributed by atoms with Crippen LogP contribution in [0.1, 0.15) is 39.0 Å². The lowest BCUT2D eigenvalue weighted by Gasteiger charge is -2.27. The van der Waals surface area contributed by atoms with Crippen LogP contribution in [-0.2, 0) is 9.59 Å². The number of pyridine rings is 1. The van der Waals surface area contributed by atoms with E-state index in [1.54, 1.807) is 0 Å². The lowest BCUT2D eigenvalue weighted by Crippen LogP contribution is -2.51. The van der Waals surface area contributed by atoms with E-state index in [9.17, 15) is 14.0 Å². The highest BCUT2D eigenvalue weighted by Crippen LogP contribution is 2.18. The quantitative estimate of drug-likeness (QED) is 0.389. The third kappa shape index (κ3) is 5.45. The van der Waals surface area contributed by atoms with E-state index < -0.39 is 17.8 Å². The van der Waals surface area contributed by atoms with Crippen molar-refractivity contribution in [3.05, 3.63) is 24.1 Å². The number of rotatable bonds is 9. The number of aromatic nitrogens is 1. The van der Waals surface area contributed by atoms with Gasteiger partial charge in [0, 0.05) is 13.1 Å². The Morgan fingerprint density at radius 3 is 2.92 bits per heavy atom. The fourth-order valence-corrected chi connectivity index (χ4v) is 2.96. The van der Waals surface area contributed by atoms with E-state index in [1.807, 2.05) is 0 Å². The summed E-state index contributed by atoms with van der Waals surface area (Å²) in [4.78, 5) is 29.1. The third-order valence-electron chi connectivity index (χ3n) is 4.37. The average molecular weight is 367 g/mol. The predicted molar refractivity (Wildman–Crippen MR) is 93.5 cm³/mol. The van der Waals surface area contributed by atoms with E-state index in [4.69, 9.17) is 5.21 Å². The van der Waals surface area contributed by atoms with Crippen LogP contribution >= 0.6 is 0 Å². The zero-order chi connectivity index (χ0) is 18.9. The molecular formula is C17H26FN5O3. The van der Waals surface area contributed by atoms with Crippen molar-refractivity contribution in [3.63, 3.8) is 0 Å². The molecule has 144 valence electrons. The molecule has 0 spiro atoms. The minimum Gasteiger partial charge on any atom is -0.317 e. The zero-order valence-corrected chi connectivity index (χ0v) is 14.9. The molecule has 1 aromatic rings. The Bertz CT molecular complexity index is 599. The molecule has 1 aliphatic rings. The van der Waals surface area contributed by atoms with Gasteiger partial charge >= 0.3 is 0 Å². The number of nitrogens with zero attached hydrogens (tertiary/aromatic N) is 2. The number of halogens is 1. The van der Waals surface area contributed by atoms with Crippen molar-refractivity contribution in [1.82, 2.24) is 20.9 Å². The van der Waals surface area contributed by atoms with E-state index in [0.29, 0.717) is 19.4 Å². The Morgan fingerprint density at radius 1 is 1.46 bits per heavy atom. The molecule has 9 heteroatoms. The van der Waals surface area contributed by atoms with Crippen molar-refractivity contribution < 1.29 is 19.2 Å². The summed E-state index contributed by atoms with van der Waals surface area (Å²) in [5, 5.41) is 13.0. The predicted octanol–water partition coefficient (Wildman–Crippen LogP) is 1.44. The largest absolute Gasteiger partial charge is 0.317 e. The van der Waals surface area contributed by atoms with Gasteiger partial charge in [-0.2, -0.15) is 0 Å². The van der Waals surface area contributed by atoms with Gasteiger partial charge in [0.25, 0.3) is 0 Å². The van der Waals surface area contributed by atoms with Crippen LogP contribution in [0, 0.1) is 11.7 Å². The van der Waals surface area contributed by atoms with E-state index >= 15 is 0 Å². The van der Waals surface area contributed by atoms with Crippen molar-refractivity contribution in [2.24, 2.45) is 5.92 Å². The summed E-state index contributed by atoms with van der Waals surface area (Å²) in [5.74, 6) is -1.29. The standard InChI is InChI=1S/C17H26FN5O3/c1-2-3-4-5-12(10-21-26)17(25)23-14(8-9-20-23)16(24)22-15-7-6-13(18)11-19-15/h6-7,11-12,14,20-21,26H,2-5,8-10H2,1H3,(H,19,22,24). The number of amides is 2. The molecule has 2 rings (SSSR count). The fourth-order valence-electron chi connectivity index (χ4n) is 2.96. The Hall–Kier alpha value is -2.10. The lowest BCUT2D eigenvalue weighted by molar-refractivity contribution is -0.143. The summed E-state index contributed by atoms with van der Waals surface area (Å²) in [6, 6.07) is 1.89. The average Bonchev–Trinajstić information content (AvgIpc) is 3.12. The van der Waals surface area contributed by atoms with Gasteiger partial charge < -0.3 is 10.5 Å². The molecule has 1 aromatic heterocycles. The number of anilines is 1. The third-order valence-corrected chi connectivity index (χ3v) is 4.37. The zero-order valence-electron chi connectivity index (χ0n) is 14.9. The highest BCUT2D eigenvalue weighted by atomic mass is 19.1. The highest BCUT2D eigenvalue weighted by molar-refractivity contribution is 5.97. The molecule has 0 bridgehead atoms. The van der Waals surface area contributed by atoms with E-state index in [1.165, 1.54) is 17.1 Å². The SMILES string of the molecule is CCCCCC(CNO)C(=O)N1NCCC1C(=O)Nc1ccc(F)cn1. The summed E-state index contributed by atoms with van der Waals surface area (Å²) >= 11 is 0. The molecule has 2 unspecified atom stereocenters. The molecule has 1 aliphatic heterocycles. The van der Waals surface area contributed by atoms with Crippen LogP contribution in [0.15, 0.2) is 18.3 Å². The maximum Gasteiger partial charge on any atom is 0.250 e. The molecule has 0 saturated carbocycles. The molecule has 2 heterocycles. The molecule has 0 radical (unpaired) electrons. The van der Waals surface area contributed by atoms with Crippen LogP contribution in [0.3, 0.4) is 0 Å². The second-order valence-corrected chi connectivity index (χ2v) is 6.33. The molecule has 1 saturated heterocycles. The first-order valence-electron chi connectivity index (χ1n) is 8.92. The first-order chi connectivity index (χ1) is 12.6. The van der Waals surface area contributed by atoms with Crippen LogP contribution in [-0.4, -0.2) is 46.1 Å². The number of hydroxylamine groups is 1. The van der Waals surface area contributed by atoms with Crippen molar-refractivity contribution in [2.75, 3.05) is 18.4 Å². The van der Waals surface area contributed by atoms with Crippen molar-refractivity contribution in [2.45, 2.75) is 45.1 Å². The van der Waals surface area contributed by atoms with Gasteiger partial charge in [0.1, 0.15) is 17.7 Å². The minimum absolute atomic E-state index is 0.134. The molecule has 8 nitrogen and oxygen atoms in total. The van der Waals surface area contributed by atoms with Gasteiger partial charge in [-0.05, 0) is 25.0 Å². The number of carbonyl (C=O) groups excluding carboxylic acids is 2. The number of carbonyl (C=O) groups is 2. The van der Waals surface area contributed by atoms with Crippen LogP contribution < -0.4 is 16.2 Å². The minimum atomic E-state index is -0.679. The van der Waals surface area contributed by atoms with Crippen LogP contribution in [0.2, 0.25) is 0 Å². The van der Waals surface area contributed by atoms with Crippen molar-refractivity contribution in [3.8, 4) is 0 Å². The number of hydrazine groups is 1. The fraction of sp³-hybridized carbons (Fsp3) is 0.588. The van der Waals surface area contributed by atoms with Gasteiger partial charge in [-0.3, -0.25) is 14.6 Å². The van der Waals surface area contributed by atoms with Gasteiger partial charge in [0.2, 0.25) is 11.8 Å². The van der Waals surface area contributed by atoms with Crippen LogP contribution in [0.4, 0.5) is 10.2 Å². The number of nitrogens with one attached hydrogen (secondary N) is 3. The Labute approximate surface area is 152 Å². The normalized spacial score (nSPS) is 18.0. The van der Waals surface area contributed by atoms with E-state index in [-0.39, 0.29) is 24.2 Å². The van der Waals surface area contributed by atoms with Crippen molar-refractivity contribution >= 4 is 17.6 Å². The van der Waals surface area contributed by atoms with Gasteiger partial charge in [-0.25, -0.2) is 20.3 Å². The van der Waals surface area contributed by atoms with Crippen LogP contribution in [0.5, 0.6) is 0 Å². The Kier molecular flexibility index (Phi) is 7.89. The number of unbranched alkanes of at least 4 members (excludes halogenated alkanes) is 2. The summed E-state index contributed by atoms with van der Waals surface area (Å²) in [6.45, 7) is 2.70. The molecular weight excluding hydrogens is 341 g/mol. The number of hydrogen-bond donors (Lipinski definition) is 4. The highest BCUT2D eigenvalue weighted by Gasteiger charge is 2.37.